The Morgan fingerprint density at radius 3 is 2.60 bits per heavy atom. The number of piperidine rings is 2. The first kappa shape index (κ1) is 14.8. The number of hydrogen-bond donors (Lipinski definition) is 1. The Kier molecular flexibility index (Phi) is 4.97. The highest BCUT2D eigenvalue weighted by Crippen LogP contribution is 2.34. The molecule has 3 atom stereocenters. The van der Waals surface area contributed by atoms with Crippen molar-refractivity contribution < 1.29 is 4.74 Å². The first-order chi connectivity index (χ1) is 9.80. The van der Waals surface area contributed by atoms with Gasteiger partial charge in [0.1, 0.15) is 0 Å². The minimum absolute atomic E-state index is 0.429. The molecule has 1 N–H and O–H groups in total. The average Bonchev–Trinajstić information content (AvgIpc) is 2.47. The van der Waals surface area contributed by atoms with Gasteiger partial charge >= 0.3 is 0 Å². The molecule has 2 bridgehead atoms. The van der Waals surface area contributed by atoms with Crippen molar-refractivity contribution in [3.05, 3.63) is 0 Å². The van der Waals surface area contributed by atoms with Crippen LogP contribution < -0.4 is 5.32 Å². The second-order valence-electron chi connectivity index (χ2n) is 6.78. The smallest absolute Gasteiger partial charge is 0.0829 e. The van der Waals surface area contributed by atoms with E-state index in [1.807, 2.05) is 0 Å². The molecular formula is C16H31N3O. The normalized spacial score (nSPS) is 39.9. The van der Waals surface area contributed by atoms with Gasteiger partial charge in [-0.15, -0.1) is 0 Å². The molecule has 0 aliphatic carbocycles. The first-order valence-electron chi connectivity index (χ1n) is 8.57. The lowest BCUT2D eigenvalue weighted by molar-refractivity contribution is -0.0717. The quantitative estimate of drug-likeness (QED) is 0.841. The molecule has 3 aliphatic rings. The Morgan fingerprint density at radius 2 is 1.95 bits per heavy atom. The van der Waals surface area contributed by atoms with Crippen LogP contribution in [0.5, 0.6) is 0 Å². The van der Waals surface area contributed by atoms with Crippen LogP contribution in [0.3, 0.4) is 0 Å². The highest BCUT2D eigenvalue weighted by atomic mass is 16.5. The van der Waals surface area contributed by atoms with Crippen LogP contribution in [-0.2, 0) is 4.74 Å². The minimum atomic E-state index is 0.429. The van der Waals surface area contributed by atoms with E-state index in [-0.39, 0.29) is 0 Å². The Morgan fingerprint density at radius 1 is 1.20 bits per heavy atom. The van der Waals surface area contributed by atoms with Gasteiger partial charge in [-0.25, -0.2) is 0 Å². The van der Waals surface area contributed by atoms with Crippen molar-refractivity contribution in [1.29, 1.82) is 0 Å². The predicted molar refractivity (Wildman–Crippen MR) is 82.1 cm³/mol. The van der Waals surface area contributed by atoms with Crippen LogP contribution in [0.2, 0.25) is 0 Å². The van der Waals surface area contributed by atoms with Gasteiger partial charge in [-0.3, -0.25) is 9.80 Å². The third-order valence-electron chi connectivity index (χ3n) is 5.62. The highest BCUT2D eigenvalue weighted by molar-refractivity contribution is 4.95. The second kappa shape index (κ2) is 6.73. The van der Waals surface area contributed by atoms with Crippen molar-refractivity contribution in [2.24, 2.45) is 0 Å². The van der Waals surface area contributed by atoms with Crippen LogP contribution >= 0.6 is 0 Å². The summed E-state index contributed by atoms with van der Waals surface area (Å²) in [7, 11) is 2.12. The molecule has 0 amide bonds. The Bertz CT molecular complexity index is 298. The molecule has 0 aromatic rings. The van der Waals surface area contributed by atoms with E-state index in [9.17, 15) is 0 Å². The molecule has 3 aliphatic heterocycles. The fourth-order valence-electron chi connectivity index (χ4n) is 4.43. The lowest BCUT2D eigenvalue weighted by atomic mass is 9.81. The van der Waals surface area contributed by atoms with Gasteiger partial charge in [0.2, 0.25) is 0 Å². The molecule has 3 rings (SSSR count). The van der Waals surface area contributed by atoms with Crippen molar-refractivity contribution in [1.82, 2.24) is 15.1 Å². The van der Waals surface area contributed by atoms with E-state index in [0.29, 0.717) is 6.10 Å². The van der Waals surface area contributed by atoms with Crippen molar-refractivity contribution >= 4 is 0 Å². The molecule has 3 unspecified atom stereocenters. The van der Waals surface area contributed by atoms with Crippen LogP contribution in [0.25, 0.3) is 0 Å². The van der Waals surface area contributed by atoms with E-state index < -0.39 is 0 Å². The lowest BCUT2D eigenvalue weighted by Crippen LogP contribution is -2.59. The molecule has 0 saturated carbocycles. The number of ether oxygens (including phenoxy) is 1. The Labute approximate surface area is 123 Å². The van der Waals surface area contributed by atoms with Crippen molar-refractivity contribution in [2.45, 2.75) is 63.3 Å². The van der Waals surface area contributed by atoms with Crippen LogP contribution in [0.4, 0.5) is 0 Å². The topological polar surface area (TPSA) is 27.7 Å². The van der Waals surface area contributed by atoms with E-state index >= 15 is 0 Å². The molecule has 0 radical (unpaired) electrons. The predicted octanol–water partition coefficient (Wildman–Crippen LogP) is 1.31. The maximum Gasteiger partial charge on any atom is 0.0829 e. The summed E-state index contributed by atoms with van der Waals surface area (Å²) < 4.78 is 6.03. The Balaban J connectivity index is 1.59. The molecule has 4 heteroatoms. The average molecular weight is 281 g/mol. The first-order valence-corrected chi connectivity index (χ1v) is 8.57. The van der Waals surface area contributed by atoms with Crippen LogP contribution in [0.15, 0.2) is 0 Å². The van der Waals surface area contributed by atoms with E-state index in [1.165, 1.54) is 32.1 Å². The van der Waals surface area contributed by atoms with E-state index in [4.69, 9.17) is 4.74 Å². The molecule has 3 heterocycles. The number of fused-ring (bicyclic) bond motifs is 2. The number of hydrogen-bond acceptors (Lipinski definition) is 4. The number of nitrogens with zero attached hydrogens (tertiary/aromatic N) is 2. The third kappa shape index (κ3) is 3.19. The number of likely N-dealkylation sites (N-methyl/N-ethyl adjacent to an activating group) is 1. The highest BCUT2D eigenvalue weighted by Gasteiger charge is 2.39. The molecule has 3 fully saturated rings. The third-order valence-corrected chi connectivity index (χ3v) is 5.62. The van der Waals surface area contributed by atoms with E-state index in [0.717, 1.165) is 50.9 Å². The van der Waals surface area contributed by atoms with Crippen molar-refractivity contribution in [3.63, 3.8) is 0 Å². The van der Waals surface area contributed by atoms with Crippen molar-refractivity contribution in [3.8, 4) is 0 Å². The molecular weight excluding hydrogens is 250 g/mol. The van der Waals surface area contributed by atoms with Gasteiger partial charge < -0.3 is 10.1 Å². The molecule has 0 spiro atoms. The second-order valence-corrected chi connectivity index (χ2v) is 6.78. The van der Waals surface area contributed by atoms with E-state index in [1.54, 1.807) is 0 Å². The number of morpholine rings is 1. The molecule has 0 aromatic carbocycles. The van der Waals surface area contributed by atoms with Gasteiger partial charge in [-0.05, 0) is 39.3 Å². The summed E-state index contributed by atoms with van der Waals surface area (Å²) in [5, 5.41) is 3.51. The zero-order valence-corrected chi connectivity index (χ0v) is 13.2. The van der Waals surface area contributed by atoms with Gasteiger partial charge in [0.25, 0.3) is 0 Å². The maximum absolute atomic E-state index is 6.03. The molecule has 116 valence electrons. The molecule has 3 saturated heterocycles. The largest absolute Gasteiger partial charge is 0.374 e. The van der Waals surface area contributed by atoms with Crippen molar-refractivity contribution in [2.75, 3.05) is 39.8 Å². The zero-order valence-electron chi connectivity index (χ0n) is 13.2. The van der Waals surface area contributed by atoms with Crippen LogP contribution in [0.1, 0.15) is 39.0 Å². The standard InChI is InChI=1S/C16H31N3O/c1-3-18-7-8-20-16(11-18)12-19-14-5-4-6-15(19)10-13(9-14)17-2/h13-17H,3-12H2,1-2H3. The van der Waals surface area contributed by atoms with Crippen LogP contribution in [-0.4, -0.2) is 73.9 Å². The molecule has 20 heavy (non-hydrogen) atoms. The molecule has 0 aromatic heterocycles. The van der Waals surface area contributed by atoms with Gasteiger partial charge in [-0.1, -0.05) is 13.3 Å². The fraction of sp³-hybridized carbons (Fsp3) is 1.00. The van der Waals surface area contributed by atoms with Gasteiger partial charge in [0.05, 0.1) is 12.7 Å². The summed E-state index contributed by atoms with van der Waals surface area (Å²) in [4.78, 5) is 5.32. The van der Waals surface area contributed by atoms with Gasteiger partial charge in [0.15, 0.2) is 0 Å². The number of rotatable bonds is 4. The zero-order chi connectivity index (χ0) is 13.9. The lowest BCUT2D eigenvalue weighted by Gasteiger charge is -2.50. The summed E-state index contributed by atoms with van der Waals surface area (Å²) in [6.07, 6.45) is 7.29. The number of nitrogens with one attached hydrogen (secondary N) is 1. The van der Waals surface area contributed by atoms with E-state index in [2.05, 4.69) is 29.1 Å². The van der Waals surface area contributed by atoms with Gasteiger partial charge in [-0.2, -0.15) is 0 Å². The summed E-state index contributed by atoms with van der Waals surface area (Å²) >= 11 is 0. The van der Waals surface area contributed by atoms with Gasteiger partial charge in [0, 0.05) is 37.8 Å². The summed E-state index contributed by atoms with van der Waals surface area (Å²) in [6.45, 7) is 7.73. The minimum Gasteiger partial charge on any atom is -0.374 e. The Hall–Kier alpha value is -0.160. The summed E-state index contributed by atoms with van der Waals surface area (Å²) in [6, 6.07) is 2.32. The summed E-state index contributed by atoms with van der Waals surface area (Å²) in [5.41, 5.74) is 0. The monoisotopic (exact) mass is 281 g/mol. The SMILES string of the molecule is CCN1CCOC(CN2C3CCCC2CC(NC)C3)C1. The summed E-state index contributed by atoms with van der Waals surface area (Å²) in [5.74, 6) is 0. The van der Waals surface area contributed by atoms with Crippen LogP contribution in [0, 0.1) is 0 Å². The molecule has 4 nitrogen and oxygen atoms in total. The fourth-order valence-corrected chi connectivity index (χ4v) is 4.43. The maximum atomic E-state index is 6.03.